The molecule has 0 saturated carbocycles. The average Bonchev–Trinajstić information content (AvgIpc) is 3.34. The third-order valence-corrected chi connectivity index (χ3v) is 6.01. The van der Waals surface area contributed by atoms with Gasteiger partial charge in [0.15, 0.2) is 0 Å². The number of hydrogen-bond acceptors (Lipinski definition) is 5. The minimum absolute atomic E-state index is 0.313. The van der Waals surface area contributed by atoms with Crippen molar-refractivity contribution in [3.8, 4) is 0 Å². The zero-order chi connectivity index (χ0) is 23.1. The van der Waals surface area contributed by atoms with E-state index in [0.29, 0.717) is 12.1 Å². The second-order valence-corrected chi connectivity index (χ2v) is 7.95. The van der Waals surface area contributed by atoms with Crippen LogP contribution in [0.3, 0.4) is 0 Å². The minimum atomic E-state index is -0.584. The summed E-state index contributed by atoms with van der Waals surface area (Å²) in [7, 11) is 0. The summed E-state index contributed by atoms with van der Waals surface area (Å²) in [5.41, 5.74) is 9.89. The number of nitrogens with zero attached hydrogens (tertiary/aromatic N) is 3. The van der Waals surface area contributed by atoms with E-state index in [0.717, 1.165) is 29.8 Å². The van der Waals surface area contributed by atoms with Crippen LogP contribution >= 0.6 is 0 Å². The van der Waals surface area contributed by atoms with Gasteiger partial charge in [0.25, 0.3) is 5.91 Å². The number of hydrazone groups is 2. The second kappa shape index (κ2) is 10.1. The van der Waals surface area contributed by atoms with Crippen LogP contribution in [0.5, 0.6) is 0 Å². The van der Waals surface area contributed by atoms with Crippen molar-refractivity contribution in [3.05, 3.63) is 102 Å². The summed E-state index contributed by atoms with van der Waals surface area (Å²) >= 11 is 0. The van der Waals surface area contributed by atoms with Gasteiger partial charge in [0.1, 0.15) is 11.3 Å². The molecule has 0 fully saturated rings. The van der Waals surface area contributed by atoms with Crippen molar-refractivity contribution in [3.63, 3.8) is 0 Å². The van der Waals surface area contributed by atoms with Crippen LogP contribution in [0.1, 0.15) is 37.0 Å². The van der Waals surface area contributed by atoms with Crippen molar-refractivity contribution in [2.45, 2.75) is 25.8 Å². The van der Waals surface area contributed by atoms with E-state index in [1.54, 1.807) is 6.21 Å². The van der Waals surface area contributed by atoms with Gasteiger partial charge in [-0.15, -0.1) is 0 Å². The van der Waals surface area contributed by atoms with Crippen LogP contribution in [0, 0.1) is 0 Å². The van der Waals surface area contributed by atoms with E-state index in [-0.39, 0.29) is 5.91 Å². The van der Waals surface area contributed by atoms with E-state index < -0.39 is 5.54 Å². The van der Waals surface area contributed by atoms with Crippen molar-refractivity contribution < 1.29 is 4.79 Å². The highest BCUT2D eigenvalue weighted by atomic mass is 16.2. The molecule has 0 spiro atoms. The summed E-state index contributed by atoms with van der Waals surface area (Å²) in [6.45, 7) is 6.20. The lowest BCUT2D eigenvalue weighted by molar-refractivity contribution is -0.114. The molecule has 168 valence electrons. The van der Waals surface area contributed by atoms with Crippen molar-refractivity contribution in [2.24, 2.45) is 10.2 Å². The lowest BCUT2D eigenvalue weighted by Crippen LogP contribution is -2.38. The standard InChI is InChI=1S/C27H29N5O/c1-3-32(4-2)24-17-15-21(16-18-24)20-28-30-26(33)25-19-27(31-29-25,22-11-7-5-8-12-22)23-13-9-6-10-14-23/h5-18,20,31H,3-4,19H2,1-2H3,(H,30,33). The molecule has 0 atom stereocenters. The SMILES string of the molecule is CCN(CC)c1ccc(C=NNC(=O)C2=NNC(c3ccccc3)(c3ccccc3)C2)cc1. The Morgan fingerprint density at radius 1 is 0.970 bits per heavy atom. The van der Waals surface area contributed by atoms with Gasteiger partial charge in [-0.25, -0.2) is 5.43 Å². The Labute approximate surface area is 195 Å². The van der Waals surface area contributed by atoms with Gasteiger partial charge in [0.2, 0.25) is 0 Å². The zero-order valence-electron chi connectivity index (χ0n) is 19.0. The molecule has 6 heteroatoms. The zero-order valence-corrected chi connectivity index (χ0v) is 19.0. The molecule has 1 aliphatic rings. The minimum Gasteiger partial charge on any atom is -0.372 e. The van der Waals surface area contributed by atoms with Crippen molar-refractivity contribution in [1.29, 1.82) is 0 Å². The van der Waals surface area contributed by atoms with Gasteiger partial charge in [-0.2, -0.15) is 10.2 Å². The van der Waals surface area contributed by atoms with Crippen molar-refractivity contribution in [1.82, 2.24) is 10.9 Å². The molecule has 1 amide bonds. The van der Waals surface area contributed by atoms with E-state index in [1.807, 2.05) is 48.5 Å². The van der Waals surface area contributed by atoms with Gasteiger partial charge in [-0.05, 0) is 42.7 Å². The molecule has 0 unspecified atom stereocenters. The highest BCUT2D eigenvalue weighted by Crippen LogP contribution is 2.36. The van der Waals surface area contributed by atoms with Gasteiger partial charge in [-0.1, -0.05) is 72.8 Å². The van der Waals surface area contributed by atoms with E-state index >= 15 is 0 Å². The number of rotatable bonds is 8. The molecule has 33 heavy (non-hydrogen) atoms. The Balaban J connectivity index is 1.44. The lowest BCUT2D eigenvalue weighted by atomic mass is 9.80. The Hall–Kier alpha value is -3.93. The first-order valence-electron chi connectivity index (χ1n) is 11.3. The van der Waals surface area contributed by atoms with Crippen LogP contribution in [0.2, 0.25) is 0 Å². The Kier molecular flexibility index (Phi) is 6.83. The van der Waals surface area contributed by atoms with E-state index in [2.05, 4.69) is 76.2 Å². The number of carbonyl (C=O) groups excluding carboxylic acids is 1. The van der Waals surface area contributed by atoms with Crippen LogP contribution < -0.4 is 15.8 Å². The third kappa shape index (κ3) is 4.80. The third-order valence-electron chi connectivity index (χ3n) is 6.01. The molecule has 0 saturated heterocycles. The first-order chi connectivity index (χ1) is 16.2. The monoisotopic (exact) mass is 439 g/mol. The number of carbonyl (C=O) groups is 1. The van der Waals surface area contributed by atoms with Crippen molar-refractivity contribution in [2.75, 3.05) is 18.0 Å². The Morgan fingerprint density at radius 3 is 2.09 bits per heavy atom. The fraction of sp³-hybridized carbons (Fsp3) is 0.222. The van der Waals surface area contributed by atoms with Crippen LogP contribution in [-0.4, -0.2) is 30.9 Å². The molecular weight excluding hydrogens is 410 g/mol. The first kappa shape index (κ1) is 22.3. The smallest absolute Gasteiger partial charge is 0.287 e. The summed E-state index contributed by atoms with van der Waals surface area (Å²) in [4.78, 5) is 15.1. The molecule has 6 nitrogen and oxygen atoms in total. The number of amides is 1. The molecule has 1 heterocycles. The van der Waals surface area contributed by atoms with E-state index in [9.17, 15) is 4.79 Å². The van der Waals surface area contributed by atoms with Gasteiger partial charge in [0.05, 0.1) is 6.21 Å². The predicted molar refractivity (Wildman–Crippen MR) is 135 cm³/mol. The number of hydrogen-bond donors (Lipinski definition) is 2. The summed E-state index contributed by atoms with van der Waals surface area (Å²) in [6.07, 6.45) is 2.08. The van der Waals surface area contributed by atoms with Gasteiger partial charge in [0, 0.05) is 25.2 Å². The van der Waals surface area contributed by atoms with E-state index in [1.165, 1.54) is 5.69 Å². The maximum absolute atomic E-state index is 12.8. The summed E-state index contributed by atoms with van der Waals surface area (Å²) in [5.74, 6) is -0.313. The highest BCUT2D eigenvalue weighted by molar-refractivity contribution is 6.39. The maximum Gasteiger partial charge on any atom is 0.287 e. The molecule has 0 bridgehead atoms. The molecule has 3 aromatic carbocycles. The van der Waals surface area contributed by atoms with Gasteiger partial charge >= 0.3 is 0 Å². The van der Waals surface area contributed by atoms with Crippen LogP contribution in [-0.2, 0) is 10.3 Å². The normalized spacial score (nSPS) is 14.5. The van der Waals surface area contributed by atoms with Crippen LogP contribution in [0.4, 0.5) is 5.69 Å². The molecule has 3 aromatic rings. The number of benzene rings is 3. The number of anilines is 1. The second-order valence-electron chi connectivity index (χ2n) is 7.95. The topological polar surface area (TPSA) is 69.1 Å². The van der Waals surface area contributed by atoms with Gasteiger partial charge in [-0.3, -0.25) is 10.2 Å². The van der Waals surface area contributed by atoms with E-state index in [4.69, 9.17) is 0 Å². The molecule has 0 aromatic heterocycles. The molecule has 4 rings (SSSR count). The number of nitrogens with one attached hydrogen (secondary N) is 2. The Morgan fingerprint density at radius 2 is 1.55 bits per heavy atom. The fourth-order valence-electron chi connectivity index (χ4n) is 4.16. The average molecular weight is 440 g/mol. The maximum atomic E-state index is 12.8. The quantitative estimate of drug-likeness (QED) is 0.407. The summed E-state index contributed by atoms with van der Waals surface area (Å²) < 4.78 is 0. The van der Waals surface area contributed by atoms with Crippen LogP contribution in [0.15, 0.2) is 95.1 Å². The molecule has 1 aliphatic heterocycles. The fourth-order valence-corrected chi connectivity index (χ4v) is 4.16. The van der Waals surface area contributed by atoms with Crippen LogP contribution in [0.25, 0.3) is 0 Å². The van der Waals surface area contributed by atoms with Crippen molar-refractivity contribution >= 4 is 23.5 Å². The molecular formula is C27H29N5O. The predicted octanol–water partition coefficient (Wildman–Crippen LogP) is 4.28. The highest BCUT2D eigenvalue weighted by Gasteiger charge is 2.41. The summed E-state index contributed by atoms with van der Waals surface area (Å²) in [6, 6.07) is 28.3. The molecule has 0 radical (unpaired) electrons. The Bertz CT molecular complexity index is 1080. The summed E-state index contributed by atoms with van der Waals surface area (Å²) in [5, 5.41) is 8.54. The first-order valence-corrected chi connectivity index (χ1v) is 11.3. The van der Waals surface area contributed by atoms with Gasteiger partial charge < -0.3 is 4.90 Å². The largest absolute Gasteiger partial charge is 0.372 e. The molecule has 0 aliphatic carbocycles. The lowest BCUT2D eigenvalue weighted by Gasteiger charge is -2.30. The molecule has 2 N–H and O–H groups in total.